The van der Waals surface area contributed by atoms with Crippen LogP contribution in [0.25, 0.3) is 0 Å². The van der Waals surface area contributed by atoms with Gasteiger partial charge in [0.05, 0.1) is 13.2 Å². The van der Waals surface area contributed by atoms with Gasteiger partial charge in [-0.3, -0.25) is 4.90 Å². The molecule has 0 aromatic carbocycles. The van der Waals surface area contributed by atoms with E-state index in [2.05, 4.69) is 24.5 Å². The van der Waals surface area contributed by atoms with Crippen molar-refractivity contribution in [2.24, 2.45) is 0 Å². The second-order valence-electron chi connectivity index (χ2n) is 3.41. The van der Waals surface area contributed by atoms with Crippen LogP contribution in [0.15, 0.2) is 0 Å². The number of thiol groups is 1. The summed E-state index contributed by atoms with van der Waals surface area (Å²) in [5.41, 5.74) is 0. The minimum atomic E-state index is 0.454. The van der Waals surface area contributed by atoms with Gasteiger partial charge in [0.2, 0.25) is 0 Å². The lowest BCUT2D eigenvalue weighted by Crippen LogP contribution is -2.39. The van der Waals surface area contributed by atoms with Gasteiger partial charge in [-0.05, 0) is 25.6 Å². The van der Waals surface area contributed by atoms with Crippen molar-refractivity contribution in [3.8, 4) is 0 Å². The molecule has 3 nitrogen and oxygen atoms in total. The largest absolute Gasteiger partial charge is 0.383 e. The Bertz CT molecular complexity index is 117. The Morgan fingerprint density at radius 1 is 1.21 bits per heavy atom. The number of hydrogen-bond donors (Lipinski definition) is 1. The lowest BCUT2D eigenvalue weighted by molar-refractivity contribution is 0.0754. The van der Waals surface area contributed by atoms with Crippen LogP contribution in [-0.2, 0) is 9.47 Å². The van der Waals surface area contributed by atoms with Crippen molar-refractivity contribution in [1.29, 1.82) is 0 Å². The highest BCUT2D eigenvalue weighted by atomic mass is 32.1. The fourth-order valence-corrected chi connectivity index (χ4v) is 1.52. The molecule has 0 aliphatic heterocycles. The van der Waals surface area contributed by atoms with Crippen LogP contribution in [0.5, 0.6) is 0 Å². The molecular weight excluding hydrogens is 198 g/mol. The van der Waals surface area contributed by atoms with Crippen LogP contribution in [0.2, 0.25) is 0 Å². The van der Waals surface area contributed by atoms with E-state index in [9.17, 15) is 0 Å². The summed E-state index contributed by atoms with van der Waals surface area (Å²) in [6, 6.07) is 0.454. The van der Waals surface area contributed by atoms with Crippen molar-refractivity contribution in [2.45, 2.75) is 19.4 Å². The maximum atomic E-state index is 5.14. The average molecular weight is 221 g/mol. The molecular formula is C10H23NO2S. The highest BCUT2D eigenvalue weighted by Gasteiger charge is 2.12. The van der Waals surface area contributed by atoms with E-state index in [-0.39, 0.29) is 0 Å². The van der Waals surface area contributed by atoms with E-state index >= 15 is 0 Å². The van der Waals surface area contributed by atoms with Crippen LogP contribution < -0.4 is 0 Å². The predicted octanol–water partition coefficient (Wildman–Crippen LogP) is 1.29. The predicted molar refractivity (Wildman–Crippen MR) is 63.3 cm³/mol. The first-order chi connectivity index (χ1) is 6.76. The minimum absolute atomic E-state index is 0.454. The second-order valence-corrected chi connectivity index (χ2v) is 3.86. The van der Waals surface area contributed by atoms with E-state index in [1.54, 1.807) is 14.2 Å². The Kier molecular flexibility index (Phi) is 9.93. The van der Waals surface area contributed by atoms with Crippen LogP contribution in [-0.4, -0.2) is 57.2 Å². The quantitative estimate of drug-likeness (QED) is 0.593. The Labute approximate surface area is 93.2 Å². The molecule has 1 atom stereocenters. The lowest BCUT2D eigenvalue weighted by Gasteiger charge is -2.28. The molecule has 0 N–H and O–H groups in total. The monoisotopic (exact) mass is 221 g/mol. The van der Waals surface area contributed by atoms with Gasteiger partial charge in [-0.1, -0.05) is 0 Å². The average Bonchev–Trinajstić information content (AvgIpc) is 2.18. The molecule has 14 heavy (non-hydrogen) atoms. The fraction of sp³-hybridized carbons (Fsp3) is 1.00. The normalized spacial score (nSPS) is 13.5. The Balaban J connectivity index is 3.81. The summed E-state index contributed by atoms with van der Waals surface area (Å²) >= 11 is 4.22. The Morgan fingerprint density at radius 3 is 2.43 bits per heavy atom. The summed E-state index contributed by atoms with van der Waals surface area (Å²) in [4.78, 5) is 2.38. The van der Waals surface area contributed by atoms with Crippen LogP contribution >= 0.6 is 12.6 Å². The molecule has 0 aromatic heterocycles. The van der Waals surface area contributed by atoms with E-state index in [0.29, 0.717) is 6.04 Å². The Morgan fingerprint density at radius 2 is 1.93 bits per heavy atom. The molecule has 0 aliphatic carbocycles. The first-order valence-electron chi connectivity index (χ1n) is 5.09. The maximum Gasteiger partial charge on any atom is 0.0615 e. The van der Waals surface area contributed by atoms with Crippen LogP contribution in [0, 0.1) is 0 Å². The number of nitrogens with zero attached hydrogens (tertiary/aromatic N) is 1. The summed E-state index contributed by atoms with van der Waals surface area (Å²) < 4.78 is 10.2. The molecule has 0 heterocycles. The van der Waals surface area contributed by atoms with Crippen molar-refractivity contribution >= 4 is 12.6 Å². The van der Waals surface area contributed by atoms with Crippen LogP contribution in [0.4, 0.5) is 0 Å². The zero-order valence-electron chi connectivity index (χ0n) is 9.53. The molecule has 0 saturated carbocycles. The molecule has 0 rings (SSSR count). The van der Waals surface area contributed by atoms with Gasteiger partial charge < -0.3 is 9.47 Å². The molecule has 4 heteroatoms. The van der Waals surface area contributed by atoms with Gasteiger partial charge in [-0.2, -0.15) is 12.6 Å². The molecule has 0 radical (unpaired) electrons. The summed E-state index contributed by atoms with van der Waals surface area (Å²) in [6.45, 7) is 5.76. The third-order valence-electron chi connectivity index (χ3n) is 2.22. The number of ether oxygens (including phenoxy) is 2. The standard InChI is InChI=1S/C10H23NO2S/c1-10(9-13-3)11(5-4-8-14)6-7-12-2/h10,14H,4-9H2,1-3H3. The molecule has 0 saturated heterocycles. The molecule has 0 spiro atoms. The van der Waals surface area contributed by atoms with Gasteiger partial charge in [0.1, 0.15) is 0 Å². The van der Waals surface area contributed by atoms with Gasteiger partial charge in [0.15, 0.2) is 0 Å². The van der Waals surface area contributed by atoms with Crippen LogP contribution in [0.1, 0.15) is 13.3 Å². The van der Waals surface area contributed by atoms with Crippen molar-refractivity contribution < 1.29 is 9.47 Å². The fourth-order valence-electron chi connectivity index (χ4n) is 1.38. The zero-order valence-corrected chi connectivity index (χ0v) is 10.4. The number of rotatable bonds is 9. The van der Waals surface area contributed by atoms with E-state index < -0.39 is 0 Å². The molecule has 0 amide bonds. The molecule has 0 aromatic rings. The first-order valence-corrected chi connectivity index (χ1v) is 5.72. The van der Waals surface area contributed by atoms with Gasteiger partial charge in [0, 0.05) is 26.8 Å². The first kappa shape index (κ1) is 14.2. The topological polar surface area (TPSA) is 21.7 Å². The summed E-state index contributed by atoms with van der Waals surface area (Å²) in [5, 5.41) is 0. The third kappa shape index (κ3) is 6.65. The van der Waals surface area contributed by atoms with E-state index in [1.165, 1.54) is 0 Å². The molecule has 0 aliphatic rings. The zero-order chi connectivity index (χ0) is 10.8. The molecule has 86 valence electrons. The summed E-state index contributed by atoms with van der Waals surface area (Å²) in [7, 11) is 3.47. The van der Waals surface area contributed by atoms with Crippen LogP contribution in [0.3, 0.4) is 0 Å². The van der Waals surface area contributed by atoms with Gasteiger partial charge in [0.25, 0.3) is 0 Å². The second kappa shape index (κ2) is 9.77. The van der Waals surface area contributed by atoms with E-state index in [1.807, 2.05) is 0 Å². The smallest absolute Gasteiger partial charge is 0.0615 e. The summed E-state index contributed by atoms with van der Waals surface area (Å²) in [5.74, 6) is 0.934. The van der Waals surface area contributed by atoms with Crippen molar-refractivity contribution in [3.05, 3.63) is 0 Å². The molecule has 0 bridgehead atoms. The highest BCUT2D eigenvalue weighted by molar-refractivity contribution is 7.80. The molecule has 0 fully saturated rings. The minimum Gasteiger partial charge on any atom is -0.383 e. The van der Waals surface area contributed by atoms with Crippen molar-refractivity contribution in [2.75, 3.05) is 46.3 Å². The maximum absolute atomic E-state index is 5.14. The Hall–Kier alpha value is 0.230. The van der Waals surface area contributed by atoms with Gasteiger partial charge in [-0.25, -0.2) is 0 Å². The third-order valence-corrected chi connectivity index (χ3v) is 2.53. The highest BCUT2D eigenvalue weighted by Crippen LogP contribution is 2.01. The van der Waals surface area contributed by atoms with Crippen molar-refractivity contribution in [3.63, 3.8) is 0 Å². The lowest BCUT2D eigenvalue weighted by atomic mass is 10.2. The van der Waals surface area contributed by atoms with Crippen molar-refractivity contribution in [1.82, 2.24) is 4.90 Å². The van der Waals surface area contributed by atoms with Gasteiger partial charge in [-0.15, -0.1) is 0 Å². The van der Waals surface area contributed by atoms with E-state index in [4.69, 9.17) is 9.47 Å². The number of methoxy groups -OCH3 is 2. The SMILES string of the molecule is COCCN(CCCS)C(C)COC. The van der Waals surface area contributed by atoms with Gasteiger partial charge >= 0.3 is 0 Å². The number of hydrogen-bond acceptors (Lipinski definition) is 4. The summed E-state index contributed by atoms with van der Waals surface area (Å²) in [6.07, 6.45) is 1.11. The van der Waals surface area contributed by atoms with E-state index in [0.717, 1.165) is 38.5 Å². The molecule has 1 unspecified atom stereocenters.